The highest BCUT2D eigenvalue weighted by molar-refractivity contribution is 4.71. The van der Waals surface area contributed by atoms with Crippen LogP contribution in [0.25, 0.3) is 0 Å². The summed E-state index contributed by atoms with van der Waals surface area (Å²) in [6, 6.07) is 0.777. The van der Waals surface area contributed by atoms with E-state index in [2.05, 4.69) is 5.32 Å². The molecule has 0 spiro atoms. The molecule has 0 aromatic heterocycles. The van der Waals surface area contributed by atoms with Crippen molar-refractivity contribution < 1.29 is 4.74 Å². The van der Waals surface area contributed by atoms with Gasteiger partial charge >= 0.3 is 0 Å². The third-order valence-corrected chi connectivity index (χ3v) is 2.31. The fraction of sp³-hybridized carbons (Fsp3) is 1.00. The first-order valence-electron chi connectivity index (χ1n) is 4.66. The fourth-order valence-corrected chi connectivity index (χ4v) is 1.64. The Labute approximate surface area is 69.3 Å². The van der Waals surface area contributed by atoms with Gasteiger partial charge in [-0.15, -0.1) is 0 Å². The molecule has 1 aliphatic heterocycles. The van der Waals surface area contributed by atoms with Gasteiger partial charge < -0.3 is 10.1 Å². The molecule has 2 nitrogen and oxygen atoms in total. The number of ether oxygens (including phenoxy) is 1. The van der Waals surface area contributed by atoms with Crippen molar-refractivity contribution in [3.05, 3.63) is 0 Å². The zero-order valence-electron chi connectivity index (χ0n) is 7.44. The van der Waals surface area contributed by atoms with Crippen LogP contribution in [0.3, 0.4) is 0 Å². The van der Waals surface area contributed by atoms with E-state index in [0.29, 0.717) is 0 Å². The molecule has 1 atom stereocenters. The normalized spacial score (nSPS) is 25.4. The Bertz CT molecular complexity index is 89.6. The van der Waals surface area contributed by atoms with E-state index in [1.807, 2.05) is 0 Å². The largest absolute Gasteiger partial charge is 0.385 e. The lowest BCUT2D eigenvalue weighted by Gasteiger charge is -2.22. The highest BCUT2D eigenvalue weighted by atomic mass is 16.5. The van der Waals surface area contributed by atoms with Crippen LogP contribution in [0, 0.1) is 0 Å². The minimum atomic E-state index is 0.777. The molecule has 1 saturated heterocycles. The van der Waals surface area contributed by atoms with Crippen LogP contribution in [-0.4, -0.2) is 26.3 Å². The number of rotatable bonds is 4. The van der Waals surface area contributed by atoms with Crippen molar-refractivity contribution in [2.75, 3.05) is 20.3 Å². The van der Waals surface area contributed by atoms with Gasteiger partial charge in [-0.1, -0.05) is 6.42 Å². The lowest BCUT2D eigenvalue weighted by Crippen LogP contribution is -2.33. The maximum atomic E-state index is 5.01. The quantitative estimate of drug-likeness (QED) is 0.625. The molecule has 11 heavy (non-hydrogen) atoms. The van der Waals surface area contributed by atoms with Crippen LogP contribution in [0.15, 0.2) is 0 Å². The topological polar surface area (TPSA) is 21.3 Å². The molecule has 2 heteroatoms. The molecule has 1 aliphatic rings. The lowest BCUT2D eigenvalue weighted by molar-refractivity contribution is 0.186. The van der Waals surface area contributed by atoms with Gasteiger partial charge in [0.25, 0.3) is 0 Å². The Morgan fingerprint density at radius 3 is 3.00 bits per heavy atom. The van der Waals surface area contributed by atoms with Gasteiger partial charge in [0.15, 0.2) is 0 Å². The number of nitrogens with one attached hydrogen (secondary N) is 1. The highest BCUT2D eigenvalue weighted by Gasteiger charge is 2.10. The Kier molecular flexibility index (Phi) is 4.55. The van der Waals surface area contributed by atoms with E-state index in [1.54, 1.807) is 7.11 Å². The smallest absolute Gasteiger partial charge is 0.0462 e. The molecule has 0 bridgehead atoms. The van der Waals surface area contributed by atoms with Gasteiger partial charge in [-0.25, -0.2) is 0 Å². The number of methoxy groups -OCH3 is 1. The van der Waals surface area contributed by atoms with Crippen molar-refractivity contribution in [3.63, 3.8) is 0 Å². The van der Waals surface area contributed by atoms with E-state index in [-0.39, 0.29) is 0 Å². The molecule has 1 rings (SSSR count). The number of hydrogen-bond donors (Lipinski definition) is 1. The molecule has 0 aromatic carbocycles. The molecular weight excluding hydrogens is 138 g/mol. The zero-order chi connectivity index (χ0) is 7.94. The third kappa shape index (κ3) is 3.73. The summed E-state index contributed by atoms with van der Waals surface area (Å²) in [5.74, 6) is 0. The van der Waals surface area contributed by atoms with E-state index in [9.17, 15) is 0 Å². The van der Waals surface area contributed by atoms with Gasteiger partial charge in [0, 0.05) is 19.8 Å². The fourth-order valence-electron chi connectivity index (χ4n) is 1.64. The highest BCUT2D eigenvalue weighted by Crippen LogP contribution is 2.11. The van der Waals surface area contributed by atoms with Gasteiger partial charge in [0.2, 0.25) is 0 Å². The van der Waals surface area contributed by atoms with Gasteiger partial charge in [0.1, 0.15) is 0 Å². The second-order valence-corrected chi connectivity index (χ2v) is 3.28. The molecule has 0 amide bonds. The van der Waals surface area contributed by atoms with Gasteiger partial charge in [-0.2, -0.15) is 0 Å². The van der Waals surface area contributed by atoms with Crippen molar-refractivity contribution in [3.8, 4) is 0 Å². The Morgan fingerprint density at radius 2 is 2.36 bits per heavy atom. The first-order chi connectivity index (χ1) is 5.43. The van der Waals surface area contributed by atoms with Crippen molar-refractivity contribution in [2.24, 2.45) is 0 Å². The van der Waals surface area contributed by atoms with Gasteiger partial charge in [-0.3, -0.25) is 0 Å². The molecule has 1 unspecified atom stereocenters. The summed E-state index contributed by atoms with van der Waals surface area (Å²) in [4.78, 5) is 0. The standard InChI is InChI=1S/C9H19NO/c1-11-8-4-6-9-5-2-3-7-10-9/h9-10H,2-8H2,1H3. The monoisotopic (exact) mass is 157 g/mol. The number of piperidine rings is 1. The third-order valence-electron chi connectivity index (χ3n) is 2.31. The zero-order valence-corrected chi connectivity index (χ0v) is 7.44. The summed E-state index contributed by atoms with van der Waals surface area (Å²) < 4.78 is 5.01. The molecule has 1 fully saturated rings. The predicted molar refractivity (Wildman–Crippen MR) is 46.8 cm³/mol. The molecule has 1 heterocycles. The van der Waals surface area contributed by atoms with Crippen LogP contribution < -0.4 is 5.32 Å². The van der Waals surface area contributed by atoms with Crippen molar-refractivity contribution >= 4 is 0 Å². The molecule has 0 radical (unpaired) electrons. The average molecular weight is 157 g/mol. The van der Waals surface area contributed by atoms with Crippen LogP contribution >= 0.6 is 0 Å². The van der Waals surface area contributed by atoms with E-state index < -0.39 is 0 Å². The summed E-state index contributed by atoms with van der Waals surface area (Å²) in [5, 5.41) is 3.52. The number of hydrogen-bond acceptors (Lipinski definition) is 2. The summed E-state index contributed by atoms with van der Waals surface area (Å²) in [6.07, 6.45) is 6.62. The lowest BCUT2D eigenvalue weighted by atomic mass is 10.0. The second kappa shape index (κ2) is 5.56. The Balaban J connectivity index is 1.96. The molecule has 1 N–H and O–H groups in total. The minimum Gasteiger partial charge on any atom is -0.385 e. The molecule has 0 aromatic rings. The predicted octanol–water partition coefficient (Wildman–Crippen LogP) is 1.56. The van der Waals surface area contributed by atoms with Crippen LogP contribution in [0.4, 0.5) is 0 Å². The molecule has 0 saturated carbocycles. The maximum absolute atomic E-state index is 5.01. The summed E-state index contributed by atoms with van der Waals surface area (Å²) in [6.45, 7) is 2.13. The Hall–Kier alpha value is -0.0800. The Morgan fingerprint density at radius 1 is 1.45 bits per heavy atom. The van der Waals surface area contributed by atoms with Crippen LogP contribution in [0.5, 0.6) is 0 Å². The van der Waals surface area contributed by atoms with Crippen LogP contribution in [0.2, 0.25) is 0 Å². The molecular formula is C9H19NO. The second-order valence-electron chi connectivity index (χ2n) is 3.28. The maximum Gasteiger partial charge on any atom is 0.0462 e. The van der Waals surface area contributed by atoms with Gasteiger partial charge in [0.05, 0.1) is 0 Å². The first kappa shape index (κ1) is 9.01. The summed E-state index contributed by atoms with van der Waals surface area (Å²) >= 11 is 0. The molecule has 0 aliphatic carbocycles. The van der Waals surface area contributed by atoms with E-state index in [0.717, 1.165) is 12.6 Å². The summed E-state index contributed by atoms with van der Waals surface area (Å²) in [5.41, 5.74) is 0. The van der Waals surface area contributed by atoms with Crippen molar-refractivity contribution in [2.45, 2.75) is 38.1 Å². The van der Waals surface area contributed by atoms with Gasteiger partial charge in [-0.05, 0) is 32.2 Å². The first-order valence-corrected chi connectivity index (χ1v) is 4.66. The molecule has 66 valence electrons. The summed E-state index contributed by atoms with van der Waals surface area (Å²) in [7, 11) is 1.77. The van der Waals surface area contributed by atoms with E-state index >= 15 is 0 Å². The minimum absolute atomic E-state index is 0.777. The van der Waals surface area contributed by atoms with Crippen molar-refractivity contribution in [1.82, 2.24) is 5.32 Å². The van der Waals surface area contributed by atoms with Crippen LogP contribution in [-0.2, 0) is 4.74 Å². The van der Waals surface area contributed by atoms with E-state index in [1.165, 1.54) is 38.6 Å². The van der Waals surface area contributed by atoms with Crippen molar-refractivity contribution in [1.29, 1.82) is 0 Å². The van der Waals surface area contributed by atoms with Crippen LogP contribution in [0.1, 0.15) is 32.1 Å². The van der Waals surface area contributed by atoms with E-state index in [4.69, 9.17) is 4.74 Å². The average Bonchev–Trinajstić information content (AvgIpc) is 2.07. The SMILES string of the molecule is COCCCC1CCCCN1.